The Bertz CT molecular complexity index is 1440. The molecule has 0 aromatic heterocycles. The van der Waals surface area contributed by atoms with Crippen molar-refractivity contribution in [2.75, 3.05) is 67.6 Å². The van der Waals surface area contributed by atoms with Gasteiger partial charge in [0, 0.05) is 78.5 Å². The molecule has 85 heavy (non-hydrogen) atoms. The molecule has 8 aliphatic rings. The molecule has 0 atom stereocenters. The van der Waals surface area contributed by atoms with Crippen LogP contribution >= 0.6 is 79.1 Å². The number of hydrogen-bond donors (Lipinski definition) is 0. The molecule has 0 amide bonds. The van der Waals surface area contributed by atoms with E-state index in [9.17, 15) is 19.2 Å². The molecule has 8 fully saturated rings. The van der Waals surface area contributed by atoms with E-state index in [1.54, 1.807) is 184 Å². The van der Waals surface area contributed by atoms with E-state index in [2.05, 4.69) is 97.7 Å². The lowest BCUT2D eigenvalue weighted by Crippen LogP contribution is -2.42. The van der Waals surface area contributed by atoms with E-state index in [0.717, 1.165) is 24.3 Å². The molecule has 8 saturated carbocycles. The van der Waals surface area contributed by atoms with Crippen molar-refractivity contribution < 1.29 is 64.7 Å². The third kappa shape index (κ3) is 59.8. The van der Waals surface area contributed by atoms with Crippen LogP contribution in [0.25, 0.3) is 0 Å². The standard InChI is InChI=1S/C7H18O3Si.4C7H12.4C5H8O2.C4H12O3Si.CH3Br3Si.CH3Cl3Si/c1-5-8-11(4,9-6-2)10-7-3;4*1-2-7-4-3-6(1)5-7;4*1-3-5(6)7-4-2;1-5-8(4,6-2)7-3;2*1-5(2,3)4/h5-7H2,1-4H3;4*6-7H,1-5H2;4*3H,1,4H2,2H3;1-4H3;2*1H3. The predicted octanol–water partition coefficient (Wildman–Crippen LogP) is 18.9. The highest BCUT2D eigenvalue weighted by Gasteiger charge is 2.34. The lowest BCUT2D eigenvalue weighted by Gasteiger charge is -2.23. The molecule has 0 aromatic carbocycles. The van der Waals surface area contributed by atoms with Crippen LogP contribution < -0.4 is 0 Å². The second kappa shape index (κ2) is 56.5. The van der Waals surface area contributed by atoms with Crippen molar-refractivity contribution in [2.24, 2.45) is 47.3 Å². The van der Waals surface area contributed by atoms with Gasteiger partial charge in [0.05, 0.1) is 26.4 Å². The van der Waals surface area contributed by atoms with Gasteiger partial charge in [0.15, 0.2) is 0 Å². The third-order valence-electron chi connectivity index (χ3n) is 14.7. The van der Waals surface area contributed by atoms with Crippen LogP contribution in [-0.4, -0.2) is 119 Å². The highest BCUT2D eigenvalue weighted by Crippen LogP contribution is 2.46. The van der Waals surface area contributed by atoms with Crippen LogP contribution in [0.4, 0.5) is 0 Å². The van der Waals surface area contributed by atoms with Crippen molar-refractivity contribution in [3.63, 3.8) is 0 Å². The molecule has 502 valence electrons. The van der Waals surface area contributed by atoms with Gasteiger partial charge in [-0.05, 0) is 135 Å². The first-order valence-corrected chi connectivity index (χ1v) is 50.0. The minimum Gasteiger partial charge on any atom is -0.463 e. The third-order valence-corrected chi connectivity index (χ3v) is 19.3. The average Bonchev–Trinajstić information content (AvgIpc) is 4.57. The van der Waals surface area contributed by atoms with Gasteiger partial charge in [-0.15, -0.1) is 33.2 Å². The van der Waals surface area contributed by atoms with Crippen LogP contribution in [0.3, 0.4) is 0 Å². The van der Waals surface area contributed by atoms with Gasteiger partial charge in [0.2, 0.25) is 0 Å². The number of carbonyl (C=O) groups excluding carboxylic acids is 4. The number of rotatable bonds is 17. The van der Waals surface area contributed by atoms with Gasteiger partial charge in [-0.2, -0.15) is 0 Å². The number of fused-ring (bicyclic) bond motifs is 8. The van der Waals surface area contributed by atoms with Gasteiger partial charge in [0.1, 0.15) is 0 Å². The van der Waals surface area contributed by atoms with E-state index in [1.165, 1.54) is 47.3 Å². The Morgan fingerprint density at radius 2 is 0.506 bits per heavy atom. The summed E-state index contributed by atoms with van der Waals surface area (Å²) < 4.78 is 47.6. The Kier molecular flexibility index (Phi) is 60.6. The Balaban J connectivity index is -0.000000423. The second-order valence-electron chi connectivity index (χ2n) is 21.5. The van der Waals surface area contributed by atoms with E-state index < -0.39 is 27.5 Å². The fraction of sp³-hybridized carbons (Fsp3) is 0.803. The first-order valence-electron chi connectivity index (χ1n) is 30.8. The quantitative estimate of drug-likeness (QED) is 0.0445. The molecule has 0 aromatic rings. The van der Waals surface area contributed by atoms with Gasteiger partial charge in [-0.3, -0.25) is 0 Å². The summed E-state index contributed by atoms with van der Waals surface area (Å²) in [7, 11) is 0.327. The Labute approximate surface area is 559 Å². The van der Waals surface area contributed by atoms with Gasteiger partial charge >= 0.3 is 47.5 Å². The van der Waals surface area contributed by atoms with Crippen LogP contribution in [0.5, 0.6) is 0 Å². The summed E-state index contributed by atoms with van der Waals surface area (Å²) in [6, 6.07) is -2.19. The van der Waals surface area contributed by atoms with Crippen molar-refractivity contribution >= 4 is 131 Å². The first-order chi connectivity index (χ1) is 39.9. The monoisotopic (exact) mass is 1530 g/mol. The van der Waals surface area contributed by atoms with E-state index in [0.29, 0.717) is 46.2 Å². The van der Waals surface area contributed by atoms with E-state index in [1.807, 2.05) is 33.9 Å². The molecular formula is C61H116Br3Cl3O14Si4. The fourth-order valence-corrected chi connectivity index (χ4v) is 13.0. The van der Waals surface area contributed by atoms with Gasteiger partial charge in [0.25, 0.3) is 3.93 Å². The van der Waals surface area contributed by atoms with Gasteiger partial charge in [-0.25, -0.2) is 19.2 Å². The normalized spacial score (nSPS) is 22.4. The summed E-state index contributed by atoms with van der Waals surface area (Å²) in [6.45, 7) is 36.8. The van der Waals surface area contributed by atoms with E-state index in [4.69, 9.17) is 59.8 Å². The minimum absolute atomic E-state index is 0.359. The lowest BCUT2D eigenvalue weighted by atomic mass is 10.0. The molecule has 0 unspecified atom stereocenters. The van der Waals surface area contributed by atoms with Crippen LogP contribution in [0, 0.1) is 47.3 Å². The van der Waals surface area contributed by atoms with Crippen molar-refractivity contribution in [1.82, 2.24) is 0 Å². The summed E-state index contributed by atoms with van der Waals surface area (Å²) in [4.78, 5) is 40.3. The lowest BCUT2D eigenvalue weighted by molar-refractivity contribution is -0.138. The topological polar surface area (TPSA) is 161 Å². The first kappa shape index (κ1) is 91.2. The van der Waals surface area contributed by atoms with Crippen molar-refractivity contribution in [3.8, 4) is 0 Å². The van der Waals surface area contributed by atoms with E-state index in [-0.39, 0.29) is 23.9 Å². The molecule has 24 heteroatoms. The number of ether oxygens (including phenoxy) is 4. The summed E-state index contributed by atoms with van der Waals surface area (Å²) in [5.74, 6) is 7.94. The molecule has 8 aliphatic carbocycles. The van der Waals surface area contributed by atoms with Gasteiger partial charge < -0.3 is 45.5 Å². The van der Waals surface area contributed by atoms with Crippen LogP contribution in [-0.2, 0) is 64.7 Å². The number of halogens is 6. The van der Waals surface area contributed by atoms with Crippen molar-refractivity contribution in [3.05, 3.63) is 50.6 Å². The van der Waals surface area contributed by atoms with E-state index >= 15 is 0 Å². The summed E-state index contributed by atoms with van der Waals surface area (Å²) in [5, 5.41) is 0. The zero-order valence-corrected chi connectivity index (χ0v) is 65.9. The Morgan fingerprint density at radius 3 is 0.553 bits per heavy atom. The summed E-state index contributed by atoms with van der Waals surface area (Å²) in [5.41, 5.74) is 0. The average molecular weight is 1530 g/mol. The molecule has 8 bridgehead atoms. The minimum atomic E-state index is -2.25. The molecule has 0 aliphatic heterocycles. The number of hydrogen-bond acceptors (Lipinski definition) is 14. The molecular weight excluding hydrogens is 1420 g/mol. The summed E-state index contributed by atoms with van der Waals surface area (Å²) in [6.07, 6.45) is 35.9. The van der Waals surface area contributed by atoms with Crippen molar-refractivity contribution in [2.45, 2.75) is 203 Å². The zero-order chi connectivity index (χ0) is 65.9. The molecule has 0 heterocycles. The Morgan fingerprint density at radius 1 is 0.365 bits per heavy atom. The highest BCUT2D eigenvalue weighted by atomic mass is 80.0. The SMILES string of the molecule is C1CC2CCC1C2.C1CC2CCC1C2.C1CC2CCC1C2.C1CC2CCC1C2.C=CC(=O)OCC.C=CC(=O)OCC.C=CC(=O)OCC.C=CC(=O)OCC.CCO[Si](C)(OCC)OCC.CO[Si](C)(OC)OC.C[Si](Br)(Br)Br.C[Si](Cl)(Cl)Cl. The van der Waals surface area contributed by atoms with Crippen LogP contribution in [0.15, 0.2) is 50.6 Å². The number of carbonyl (C=O) groups is 4. The molecule has 0 spiro atoms. The van der Waals surface area contributed by atoms with Crippen molar-refractivity contribution in [1.29, 1.82) is 0 Å². The molecule has 0 N–H and O–H groups in total. The zero-order valence-electron chi connectivity index (χ0n) is 54.8. The molecule has 8 rings (SSSR count). The second-order valence-corrected chi connectivity index (χ2v) is 62.6. The van der Waals surface area contributed by atoms with Crippen LogP contribution in [0.2, 0.25) is 26.2 Å². The maximum absolute atomic E-state index is 10.1. The van der Waals surface area contributed by atoms with Crippen LogP contribution in [0.1, 0.15) is 177 Å². The summed E-state index contributed by atoms with van der Waals surface area (Å²) >= 11 is 25.6. The molecule has 0 saturated heterocycles. The molecule has 0 radical (unpaired) electrons. The largest absolute Gasteiger partial charge is 0.497 e. The molecule has 14 nitrogen and oxygen atoms in total. The smallest absolute Gasteiger partial charge is 0.463 e. The number of esters is 4. The maximum Gasteiger partial charge on any atom is 0.497 e. The predicted molar refractivity (Wildman–Crippen MR) is 374 cm³/mol. The maximum atomic E-state index is 10.1. The van der Waals surface area contributed by atoms with Gasteiger partial charge in [-0.1, -0.05) is 175 Å². The Hall–Kier alpha value is -0.222. The highest BCUT2D eigenvalue weighted by molar-refractivity contribution is 9.71. The fourth-order valence-electron chi connectivity index (χ4n) is 10.7.